The average molecular weight is 338 g/mol. The van der Waals surface area contributed by atoms with Crippen LogP contribution >= 0.6 is 11.6 Å². The zero-order chi connectivity index (χ0) is 16.2. The third kappa shape index (κ3) is 4.05. The number of sulfonamides is 1. The molecule has 0 unspecified atom stereocenters. The highest BCUT2D eigenvalue weighted by atomic mass is 35.5. The second kappa shape index (κ2) is 7.06. The minimum absolute atomic E-state index is 0.00142. The van der Waals surface area contributed by atoms with Crippen molar-refractivity contribution < 1.29 is 17.6 Å². The highest BCUT2D eigenvalue weighted by Gasteiger charge is 2.29. The summed E-state index contributed by atoms with van der Waals surface area (Å²) in [4.78, 5) is 10.9. The number of nitrogens with zero attached hydrogens (tertiary/aromatic N) is 1. The summed E-state index contributed by atoms with van der Waals surface area (Å²) in [5, 5.41) is 2.48. The van der Waals surface area contributed by atoms with Gasteiger partial charge in [-0.1, -0.05) is 18.5 Å². The van der Waals surface area contributed by atoms with E-state index in [-0.39, 0.29) is 17.3 Å². The Labute approximate surface area is 128 Å². The molecule has 9 heteroatoms. The SMILES string of the molecule is CCNC(=O)CN(CC)S(=O)(=O)c1cc(Cl)cc(N)c1F. The quantitative estimate of drug-likeness (QED) is 0.763. The van der Waals surface area contributed by atoms with Crippen molar-refractivity contribution in [3.8, 4) is 0 Å². The van der Waals surface area contributed by atoms with Crippen LogP contribution in [-0.4, -0.2) is 38.3 Å². The Hall–Kier alpha value is -1.38. The van der Waals surface area contributed by atoms with Crippen molar-refractivity contribution in [2.45, 2.75) is 18.7 Å². The van der Waals surface area contributed by atoms with Gasteiger partial charge in [0.1, 0.15) is 4.90 Å². The van der Waals surface area contributed by atoms with Crippen LogP contribution in [0.4, 0.5) is 10.1 Å². The van der Waals surface area contributed by atoms with E-state index < -0.39 is 33.2 Å². The fourth-order valence-electron chi connectivity index (χ4n) is 1.69. The van der Waals surface area contributed by atoms with Gasteiger partial charge in [0.15, 0.2) is 5.82 Å². The molecule has 0 atom stereocenters. The summed E-state index contributed by atoms with van der Waals surface area (Å²) in [6.45, 7) is 3.22. The first-order chi connectivity index (χ1) is 9.73. The Kier molecular flexibility index (Phi) is 5.94. The Bertz CT molecular complexity index is 637. The summed E-state index contributed by atoms with van der Waals surface area (Å²) < 4.78 is 39.7. The van der Waals surface area contributed by atoms with Crippen LogP contribution in [0.15, 0.2) is 17.0 Å². The number of nitrogen functional groups attached to an aromatic ring is 1. The molecule has 0 bridgehead atoms. The van der Waals surface area contributed by atoms with E-state index >= 15 is 0 Å². The van der Waals surface area contributed by atoms with Gasteiger partial charge in [0.25, 0.3) is 0 Å². The molecule has 3 N–H and O–H groups in total. The van der Waals surface area contributed by atoms with E-state index in [1.807, 2.05) is 0 Å². The minimum Gasteiger partial charge on any atom is -0.396 e. The number of hydrogen-bond donors (Lipinski definition) is 2. The van der Waals surface area contributed by atoms with Crippen LogP contribution in [0, 0.1) is 5.82 Å². The summed E-state index contributed by atoms with van der Waals surface area (Å²) in [6, 6.07) is 2.10. The van der Waals surface area contributed by atoms with E-state index in [1.165, 1.54) is 0 Å². The first-order valence-corrected chi connectivity index (χ1v) is 8.07. The molecule has 0 aliphatic heterocycles. The Balaban J connectivity index is 3.22. The second-order valence-corrected chi connectivity index (χ2v) is 6.53. The average Bonchev–Trinajstić information content (AvgIpc) is 2.40. The van der Waals surface area contributed by atoms with Gasteiger partial charge in [-0.15, -0.1) is 0 Å². The maximum absolute atomic E-state index is 14.0. The van der Waals surface area contributed by atoms with Crippen molar-refractivity contribution in [1.29, 1.82) is 0 Å². The second-order valence-electron chi connectivity index (χ2n) is 4.19. The normalized spacial score (nSPS) is 11.7. The molecule has 1 amide bonds. The predicted octanol–water partition coefficient (Wildman–Crippen LogP) is 1.21. The molecule has 6 nitrogen and oxygen atoms in total. The molecular weight excluding hydrogens is 321 g/mol. The van der Waals surface area contributed by atoms with Crippen LogP contribution in [0.2, 0.25) is 5.02 Å². The van der Waals surface area contributed by atoms with Crippen molar-refractivity contribution in [2.24, 2.45) is 0 Å². The predicted molar refractivity (Wildman–Crippen MR) is 78.9 cm³/mol. The van der Waals surface area contributed by atoms with E-state index in [2.05, 4.69) is 5.32 Å². The van der Waals surface area contributed by atoms with Gasteiger partial charge in [0.05, 0.1) is 12.2 Å². The molecule has 0 fully saturated rings. The van der Waals surface area contributed by atoms with E-state index in [0.717, 1.165) is 16.4 Å². The molecule has 21 heavy (non-hydrogen) atoms. The van der Waals surface area contributed by atoms with Gasteiger partial charge in [-0.05, 0) is 19.1 Å². The zero-order valence-corrected chi connectivity index (χ0v) is 13.3. The molecule has 0 spiro atoms. The number of benzene rings is 1. The molecular formula is C12H17ClFN3O3S. The third-order valence-corrected chi connectivity index (χ3v) is 4.83. The minimum atomic E-state index is -4.21. The lowest BCUT2D eigenvalue weighted by Crippen LogP contribution is -2.40. The number of hydrogen-bond acceptors (Lipinski definition) is 4. The number of amides is 1. The van der Waals surface area contributed by atoms with Gasteiger partial charge >= 0.3 is 0 Å². The summed E-state index contributed by atoms with van der Waals surface area (Å²) in [6.07, 6.45) is 0. The molecule has 1 aromatic rings. The van der Waals surface area contributed by atoms with Gasteiger partial charge in [-0.2, -0.15) is 4.31 Å². The molecule has 0 aliphatic carbocycles. The molecule has 118 valence electrons. The van der Waals surface area contributed by atoms with Crippen LogP contribution in [-0.2, 0) is 14.8 Å². The monoisotopic (exact) mass is 337 g/mol. The van der Waals surface area contributed by atoms with Crippen molar-refractivity contribution in [1.82, 2.24) is 9.62 Å². The van der Waals surface area contributed by atoms with E-state index in [4.69, 9.17) is 17.3 Å². The lowest BCUT2D eigenvalue weighted by Gasteiger charge is -2.20. The highest BCUT2D eigenvalue weighted by Crippen LogP contribution is 2.27. The fourth-order valence-corrected chi connectivity index (χ4v) is 3.51. The molecule has 1 aromatic carbocycles. The number of carbonyl (C=O) groups is 1. The van der Waals surface area contributed by atoms with Crippen LogP contribution in [0.3, 0.4) is 0 Å². The largest absolute Gasteiger partial charge is 0.396 e. The molecule has 0 aliphatic rings. The van der Waals surface area contributed by atoms with Crippen LogP contribution in [0.5, 0.6) is 0 Å². The van der Waals surface area contributed by atoms with E-state index in [1.54, 1.807) is 13.8 Å². The maximum atomic E-state index is 14.0. The molecule has 0 saturated heterocycles. The highest BCUT2D eigenvalue weighted by molar-refractivity contribution is 7.89. The Morgan fingerprint density at radius 1 is 1.43 bits per heavy atom. The van der Waals surface area contributed by atoms with Crippen molar-refractivity contribution in [3.05, 3.63) is 23.0 Å². The number of carbonyl (C=O) groups excluding carboxylic acids is 1. The summed E-state index contributed by atoms with van der Waals surface area (Å²) in [7, 11) is -4.21. The lowest BCUT2D eigenvalue weighted by molar-refractivity contribution is -0.121. The standard InChI is InChI=1S/C12H17ClFN3O3S/c1-3-16-11(18)7-17(4-2)21(19,20)10-6-8(13)5-9(15)12(10)14/h5-6H,3-4,7,15H2,1-2H3,(H,16,18). The number of halogens is 2. The van der Waals surface area contributed by atoms with Crippen molar-refractivity contribution in [2.75, 3.05) is 25.4 Å². The Morgan fingerprint density at radius 2 is 2.05 bits per heavy atom. The van der Waals surface area contributed by atoms with Crippen molar-refractivity contribution in [3.63, 3.8) is 0 Å². The van der Waals surface area contributed by atoms with Gasteiger partial charge in [0, 0.05) is 18.1 Å². The fraction of sp³-hybridized carbons (Fsp3) is 0.417. The van der Waals surface area contributed by atoms with Crippen molar-refractivity contribution >= 4 is 33.2 Å². The van der Waals surface area contributed by atoms with Gasteiger partial charge in [-0.3, -0.25) is 4.79 Å². The third-order valence-electron chi connectivity index (χ3n) is 2.70. The van der Waals surface area contributed by atoms with E-state index in [0.29, 0.717) is 6.54 Å². The summed E-state index contributed by atoms with van der Waals surface area (Å²) >= 11 is 5.72. The first-order valence-electron chi connectivity index (χ1n) is 6.25. The molecule has 1 rings (SSSR count). The maximum Gasteiger partial charge on any atom is 0.246 e. The number of nitrogens with one attached hydrogen (secondary N) is 1. The molecule has 0 radical (unpaired) electrons. The number of rotatable bonds is 6. The van der Waals surface area contributed by atoms with Gasteiger partial charge < -0.3 is 11.1 Å². The van der Waals surface area contributed by atoms with Gasteiger partial charge in [0.2, 0.25) is 15.9 Å². The topological polar surface area (TPSA) is 92.5 Å². The first kappa shape index (κ1) is 17.7. The number of anilines is 1. The van der Waals surface area contributed by atoms with Crippen LogP contribution in [0.1, 0.15) is 13.8 Å². The van der Waals surface area contributed by atoms with E-state index in [9.17, 15) is 17.6 Å². The zero-order valence-electron chi connectivity index (χ0n) is 11.7. The summed E-state index contributed by atoms with van der Waals surface area (Å²) in [5.41, 5.74) is 5.02. The molecule has 0 aromatic heterocycles. The molecule has 0 heterocycles. The summed E-state index contributed by atoms with van der Waals surface area (Å²) in [5.74, 6) is -1.55. The number of nitrogens with two attached hydrogens (primary N) is 1. The van der Waals surface area contributed by atoms with Crippen LogP contribution in [0.25, 0.3) is 0 Å². The van der Waals surface area contributed by atoms with Crippen LogP contribution < -0.4 is 11.1 Å². The van der Waals surface area contributed by atoms with Gasteiger partial charge in [-0.25, -0.2) is 12.8 Å². The molecule has 0 saturated carbocycles. The smallest absolute Gasteiger partial charge is 0.246 e. The Morgan fingerprint density at radius 3 is 2.57 bits per heavy atom. The lowest BCUT2D eigenvalue weighted by atomic mass is 10.3. The number of likely N-dealkylation sites (N-methyl/N-ethyl adjacent to an activating group) is 2.